The van der Waals surface area contributed by atoms with Gasteiger partial charge in [0.2, 0.25) is 15.9 Å². The largest absolute Gasteiger partial charge is 0.486 e. The Morgan fingerprint density at radius 3 is 2.49 bits per heavy atom. The van der Waals surface area contributed by atoms with Gasteiger partial charge in [-0.1, -0.05) is 24.3 Å². The molecule has 0 fully saturated rings. The fourth-order valence-corrected chi connectivity index (χ4v) is 6.81. The molecule has 1 aromatic heterocycles. The number of para-hydroxylation sites is 1. The Hall–Kier alpha value is -3.47. The summed E-state index contributed by atoms with van der Waals surface area (Å²) in [4.78, 5) is 20.3. The lowest BCUT2D eigenvalue weighted by molar-refractivity contribution is -0.131. The van der Waals surface area contributed by atoms with E-state index in [2.05, 4.69) is 10.3 Å². The maximum Gasteiger partial charge on any atom is 0.243 e. The highest BCUT2D eigenvalue weighted by Crippen LogP contribution is 2.36. The minimum Gasteiger partial charge on any atom is -0.486 e. The summed E-state index contributed by atoms with van der Waals surface area (Å²) in [5.74, 6) is 0.630. The molecule has 4 heterocycles. The predicted molar refractivity (Wildman–Crippen MR) is 138 cm³/mol. The number of carbonyl (C=O) groups excluding carboxylic acids is 1. The first-order valence-electron chi connectivity index (χ1n) is 12.3. The van der Waals surface area contributed by atoms with Crippen LogP contribution in [0.2, 0.25) is 0 Å². The first kappa shape index (κ1) is 23.9. The van der Waals surface area contributed by atoms with Gasteiger partial charge in [-0.25, -0.2) is 8.42 Å². The van der Waals surface area contributed by atoms with Gasteiger partial charge < -0.3 is 19.7 Å². The molecule has 0 spiro atoms. The third-order valence-electron chi connectivity index (χ3n) is 7.21. The first-order valence-corrected chi connectivity index (χ1v) is 13.8. The molecule has 10 heteroatoms. The molecule has 0 saturated heterocycles. The molecule has 1 N–H and O–H groups in total. The molecule has 0 unspecified atom stereocenters. The molecule has 0 bridgehead atoms. The molecule has 1 atom stereocenters. The van der Waals surface area contributed by atoms with Crippen LogP contribution in [-0.2, 0) is 14.8 Å². The number of sulfonamides is 1. The zero-order valence-corrected chi connectivity index (χ0v) is 21.3. The third-order valence-corrected chi connectivity index (χ3v) is 8.99. The van der Waals surface area contributed by atoms with E-state index in [9.17, 15) is 13.2 Å². The van der Waals surface area contributed by atoms with Crippen LogP contribution in [-0.4, -0.2) is 81.5 Å². The van der Waals surface area contributed by atoms with Gasteiger partial charge >= 0.3 is 0 Å². The van der Waals surface area contributed by atoms with E-state index < -0.39 is 10.0 Å². The van der Waals surface area contributed by atoms with Crippen LogP contribution in [0.3, 0.4) is 0 Å². The molecule has 1 amide bonds. The molecule has 37 heavy (non-hydrogen) atoms. The number of hydrogen-bond donors (Lipinski definition) is 1. The summed E-state index contributed by atoms with van der Waals surface area (Å²) in [5, 5.41) is 4.15. The molecule has 192 valence electrons. The van der Waals surface area contributed by atoms with Crippen molar-refractivity contribution in [2.45, 2.75) is 10.8 Å². The molecular weight excluding hydrogens is 492 g/mol. The van der Waals surface area contributed by atoms with Gasteiger partial charge in [0.25, 0.3) is 0 Å². The second-order valence-electron chi connectivity index (χ2n) is 9.51. The average molecular weight is 521 g/mol. The predicted octanol–water partition coefficient (Wildman–Crippen LogP) is 2.15. The van der Waals surface area contributed by atoms with Gasteiger partial charge in [-0.2, -0.15) is 4.31 Å². The second-order valence-corrected chi connectivity index (χ2v) is 11.5. The molecule has 0 aliphatic carbocycles. The van der Waals surface area contributed by atoms with Crippen LogP contribution >= 0.6 is 0 Å². The van der Waals surface area contributed by atoms with Gasteiger partial charge in [0.05, 0.1) is 16.3 Å². The summed E-state index contributed by atoms with van der Waals surface area (Å²) in [7, 11) is -1.87. The van der Waals surface area contributed by atoms with Gasteiger partial charge in [-0.3, -0.25) is 9.78 Å². The highest BCUT2D eigenvalue weighted by molar-refractivity contribution is 7.89. The number of benzene rings is 2. The minimum absolute atomic E-state index is 0.0168. The summed E-state index contributed by atoms with van der Waals surface area (Å²) in [6.07, 6.45) is 1.75. The number of rotatable bonds is 6. The van der Waals surface area contributed by atoms with Crippen molar-refractivity contribution in [3.8, 4) is 11.5 Å². The number of nitrogens with one attached hydrogen (secondary N) is 1. The standard InChI is InChI=1S/C27H28N4O5S/c1-28-13-23(22-6-2-4-18-5-3-9-29-26(18)22)27(32)30-14-19-16-31(17-20(19)15-30)37(33,34)21-7-8-24-25(12-21)36-11-10-35-24/h2-9,12,23,28H,10-11,13-17H2,1H3/t23-/m1/s1. The summed E-state index contributed by atoms with van der Waals surface area (Å²) in [5.41, 5.74) is 3.71. The Morgan fingerprint density at radius 1 is 1.00 bits per heavy atom. The lowest BCUT2D eigenvalue weighted by Crippen LogP contribution is -2.40. The molecule has 3 aromatic rings. The molecule has 9 nitrogen and oxygen atoms in total. The summed E-state index contributed by atoms with van der Waals surface area (Å²) in [6.45, 7) is 2.75. The van der Waals surface area contributed by atoms with Crippen molar-refractivity contribution in [3.05, 3.63) is 71.4 Å². The van der Waals surface area contributed by atoms with Crippen molar-refractivity contribution in [3.63, 3.8) is 0 Å². The van der Waals surface area contributed by atoms with Crippen molar-refractivity contribution in [2.24, 2.45) is 0 Å². The molecule has 3 aliphatic rings. The van der Waals surface area contributed by atoms with E-state index in [1.807, 2.05) is 42.3 Å². The Morgan fingerprint density at radius 2 is 1.73 bits per heavy atom. The number of carbonyl (C=O) groups is 1. The lowest BCUT2D eigenvalue weighted by Gasteiger charge is -2.27. The van der Waals surface area contributed by atoms with Gasteiger partial charge in [-0.05, 0) is 42.0 Å². The Kier molecular flexibility index (Phi) is 6.10. The highest BCUT2D eigenvalue weighted by atomic mass is 32.2. The molecule has 0 radical (unpaired) electrons. The highest BCUT2D eigenvalue weighted by Gasteiger charge is 2.39. The van der Waals surface area contributed by atoms with E-state index in [1.165, 1.54) is 10.4 Å². The Bertz CT molecular complexity index is 1500. The van der Waals surface area contributed by atoms with Crippen LogP contribution < -0.4 is 14.8 Å². The number of fused-ring (bicyclic) bond motifs is 2. The van der Waals surface area contributed by atoms with Crippen molar-refractivity contribution in [1.82, 2.24) is 19.5 Å². The van der Waals surface area contributed by atoms with Crippen molar-refractivity contribution in [2.75, 3.05) is 53.0 Å². The third kappa shape index (κ3) is 4.24. The first-order chi connectivity index (χ1) is 18.0. The van der Waals surface area contributed by atoms with Crippen LogP contribution in [0.25, 0.3) is 10.9 Å². The maximum absolute atomic E-state index is 13.7. The number of likely N-dealkylation sites (N-methyl/N-ethyl adjacent to an activating group) is 1. The van der Waals surface area contributed by atoms with E-state index in [-0.39, 0.29) is 29.8 Å². The zero-order valence-electron chi connectivity index (χ0n) is 20.5. The number of nitrogens with zero attached hydrogens (tertiary/aromatic N) is 3. The van der Waals surface area contributed by atoms with E-state index in [1.54, 1.807) is 18.3 Å². The fraction of sp³-hybridized carbons (Fsp3) is 0.333. The Labute approximate surface area is 215 Å². The number of ether oxygens (including phenoxy) is 2. The molecular formula is C27H28N4O5S. The maximum atomic E-state index is 13.7. The molecule has 2 aromatic carbocycles. The van der Waals surface area contributed by atoms with E-state index >= 15 is 0 Å². The lowest BCUT2D eigenvalue weighted by atomic mass is 9.94. The second kappa shape index (κ2) is 9.44. The SMILES string of the molecule is CNC[C@@H](C(=O)N1CC2=C(C1)CN(S(=O)(=O)c1ccc3c(c1)OCCO3)C2)c1cccc2cccnc12. The van der Waals surface area contributed by atoms with E-state index in [0.717, 1.165) is 27.6 Å². The molecule has 3 aliphatic heterocycles. The van der Waals surface area contributed by atoms with E-state index in [4.69, 9.17) is 9.47 Å². The monoisotopic (exact) mass is 520 g/mol. The molecule has 0 saturated carbocycles. The van der Waals surface area contributed by atoms with Crippen LogP contribution in [0.15, 0.2) is 70.8 Å². The van der Waals surface area contributed by atoms with Gasteiger partial charge in [0.1, 0.15) is 13.2 Å². The van der Waals surface area contributed by atoms with Gasteiger partial charge in [0.15, 0.2) is 11.5 Å². The summed E-state index contributed by atoms with van der Waals surface area (Å²) < 4.78 is 39.3. The number of hydrogen-bond acceptors (Lipinski definition) is 7. The number of aromatic nitrogens is 1. The normalized spacial score (nSPS) is 18.4. The number of pyridine rings is 1. The van der Waals surface area contributed by atoms with E-state index in [0.29, 0.717) is 44.3 Å². The quantitative estimate of drug-likeness (QED) is 0.497. The smallest absolute Gasteiger partial charge is 0.243 e. The van der Waals surface area contributed by atoms with Crippen molar-refractivity contribution < 1.29 is 22.7 Å². The van der Waals surface area contributed by atoms with Gasteiger partial charge in [0, 0.05) is 50.4 Å². The van der Waals surface area contributed by atoms with Crippen LogP contribution in [0.5, 0.6) is 11.5 Å². The number of amides is 1. The summed E-state index contributed by atoms with van der Waals surface area (Å²) in [6, 6.07) is 14.5. The van der Waals surface area contributed by atoms with Crippen LogP contribution in [0.1, 0.15) is 11.5 Å². The van der Waals surface area contributed by atoms with Gasteiger partial charge in [-0.15, -0.1) is 0 Å². The van der Waals surface area contributed by atoms with Crippen molar-refractivity contribution >= 4 is 26.8 Å². The zero-order chi connectivity index (χ0) is 25.6. The van der Waals surface area contributed by atoms with Crippen LogP contribution in [0, 0.1) is 0 Å². The van der Waals surface area contributed by atoms with Crippen LogP contribution in [0.4, 0.5) is 0 Å². The van der Waals surface area contributed by atoms with Crippen molar-refractivity contribution in [1.29, 1.82) is 0 Å². The fourth-order valence-electron chi connectivity index (χ4n) is 5.37. The summed E-state index contributed by atoms with van der Waals surface area (Å²) >= 11 is 0. The topological polar surface area (TPSA) is 101 Å². The average Bonchev–Trinajstić information content (AvgIpc) is 3.51. The molecule has 6 rings (SSSR count). The minimum atomic E-state index is -3.71. The Balaban J connectivity index is 1.18.